The molecule has 50 heavy (non-hydrogen) atoms. The van der Waals surface area contributed by atoms with Crippen LogP contribution in [-0.2, 0) is 12.4 Å². The van der Waals surface area contributed by atoms with E-state index in [9.17, 15) is 26.3 Å². The van der Waals surface area contributed by atoms with Gasteiger partial charge in [-0.1, -0.05) is 121 Å². The number of rotatable bonds is 2. The molecule has 6 aromatic carbocycles. The van der Waals surface area contributed by atoms with Crippen LogP contribution in [0.4, 0.5) is 26.3 Å². The van der Waals surface area contributed by atoms with Gasteiger partial charge in [-0.2, -0.15) is 26.3 Å². The maximum atomic E-state index is 13.8. The van der Waals surface area contributed by atoms with E-state index >= 15 is 0 Å². The summed E-state index contributed by atoms with van der Waals surface area (Å²) in [6, 6.07) is 43.0. The minimum absolute atomic E-state index is 0.453. The van der Waals surface area contributed by atoms with Gasteiger partial charge in [-0.05, 0) is 102 Å². The van der Waals surface area contributed by atoms with Gasteiger partial charge < -0.3 is 0 Å². The average Bonchev–Trinajstić information content (AvgIpc) is 3.61. The molecule has 0 N–H and O–H groups in total. The normalized spacial score (nSPS) is 17.6. The van der Waals surface area contributed by atoms with Crippen molar-refractivity contribution in [1.82, 2.24) is 0 Å². The van der Waals surface area contributed by atoms with E-state index in [0.29, 0.717) is 11.1 Å². The Kier molecular flexibility index (Phi) is 6.66. The van der Waals surface area contributed by atoms with Crippen LogP contribution >= 0.6 is 0 Å². The first-order valence-corrected chi connectivity index (χ1v) is 16.3. The quantitative estimate of drug-likeness (QED) is 0.161. The molecule has 3 aliphatic carbocycles. The summed E-state index contributed by atoms with van der Waals surface area (Å²) in [6.45, 7) is 0. The van der Waals surface area contributed by atoms with Crippen molar-refractivity contribution in [3.63, 3.8) is 0 Å². The number of alkyl halides is 6. The first-order valence-electron chi connectivity index (χ1n) is 16.3. The zero-order valence-corrected chi connectivity index (χ0v) is 26.3. The molecule has 0 bridgehead atoms. The molecule has 2 atom stereocenters. The molecule has 0 aromatic heterocycles. The molecule has 9 rings (SSSR count). The predicted octanol–water partition coefficient (Wildman–Crippen LogP) is 12.6. The minimum Gasteiger partial charge on any atom is -0.166 e. The summed E-state index contributed by atoms with van der Waals surface area (Å²) < 4.78 is 82.7. The van der Waals surface area contributed by atoms with Gasteiger partial charge in [0, 0.05) is 11.8 Å². The number of benzene rings is 6. The van der Waals surface area contributed by atoms with Crippen LogP contribution in [0.2, 0.25) is 0 Å². The third kappa shape index (κ3) is 4.54. The van der Waals surface area contributed by atoms with Crippen LogP contribution in [0.3, 0.4) is 0 Å². The standard InChI is InChI=1S/C44H26F6/c45-43(46,47)27-21-17-25(18-22-27)37-38(26-19-23-28(24-20-26)44(48,49)50)42(40-35-15-7-3-11-31(35)32-12-4-8-16-36(32)40)41(37)39-33-13-5-1-9-29(33)30-10-2-6-14-34(30)39/h1-24,37-38H/t37-,38-/m1/s1. The van der Waals surface area contributed by atoms with Crippen LogP contribution in [0, 0.1) is 0 Å². The van der Waals surface area contributed by atoms with Crippen molar-refractivity contribution in [1.29, 1.82) is 0 Å². The third-order valence-electron chi connectivity index (χ3n) is 10.3. The Morgan fingerprint density at radius 3 is 0.780 bits per heavy atom. The lowest BCUT2D eigenvalue weighted by Gasteiger charge is -2.46. The van der Waals surface area contributed by atoms with Crippen molar-refractivity contribution in [2.45, 2.75) is 24.2 Å². The number of hydrogen-bond donors (Lipinski definition) is 0. The van der Waals surface area contributed by atoms with Crippen molar-refractivity contribution >= 4 is 11.1 Å². The lowest BCUT2D eigenvalue weighted by Crippen LogP contribution is -2.31. The van der Waals surface area contributed by atoms with Gasteiger partial charge in [-0.25, -0.2) is 0 Å². The topological polar surface area (TPSA) is 0 Å². The molecule has 0 heterocycles. The Bertz CT molecular complexity index is 2120. The summed E-state index contributed by atoms with van der Waals surface area (Å²) in [5.41, 5.74) is 12.1. The second-order valence-electron chi connectivity index (χ2n) is 13.0. The Morgan fingerprint density at radius 2 is 0.540 bits per heavy atom. The molecular formula is C44H26F6. The molecule has 0 nitrogen and oxygen atoms in total. The van der Waals surface area contributed by atoms with Crippen molar-refractivity contribution in [3.8, 4) is 22.3 Å². The van der Waals surface area contributed by atoms with Gasteiger partial charge >= 0.3 is 12.4 Å². The summed E-state index contributed by atoms with van der Waals surface area (Å²) in [5.74, 6) is -0.906. The van der Waals surface area contributed by atoms with Gasteiger partial charge in [0.05, 0.1) is 11.1 Å². The zero-order valence-electron chi connectivity index (χ0n) is 26.3. The lowest BCUT2D eigenvalue weighted by atomic mass is 9.56. The highest BCUT2D eigenvalue weighted by Crippen LogP contribution is 2.66. The fraction of sp³-hybridized carbons (Fsp3) is 0.0909. The van der Waals surface area contributed by atoms with Crippen LogP contribution in [0.15, 0.2) is 157 Å². The van der Waals surface area contributed by atoms with Gasteiger partial charge in [0.15, 0.2) is 0 Å². The molecule has 0 amide bonds. The third-order valence-corrected chi connectivity index (χ3v) is 10.3. The van der Waals surface area contributed by atoms with Gasteiger partial charge in [-0.15, -0.1) is 0 Å². The number of halogens is 6. The van der Waals surface area contributed by atoms with Crippen molar-refractivity contribution in [2.75, 3.05) is 0 Å². The summed E-state index contributed by atoms with van der Waals surface area (Å²) in [4.78, 5) is 0. The summed E-state index contributed by atoms with van der Waals surface area (Å²) in [7, 11) is 0. The number of fused-ring (bicyclic) bond motifs is 6. The van der Waals surface area contributed by atoms with E-state index in [2.05, 4.69) is 48.5 Å². The molecule has 1 fully saturated rings. The number of allylic oxidation sites excluding steroid dienone is 2. The van der Waals surface area contributed by atoms with E-state index in [0.717, 1.165) is 91.1 Å². The van der Waals surface area contributed by atoms with E-state index in [1.807, 2.05) is 48.5 Å². The monoisotopic (exact) mass is 668 g/mol. The molecule has 6 heteroatoms. The average molecular weight is 669 g/mol. The first-order chi connectivity index (χ1) is 24.1. The van der Waals surface area contributed by atoms with Gasteiger partial charge in [0.2, 0.25) is 0 Å². The smallest absolute Gasteiger partial charge is 0.166 e. The molecular weight excluding hydrogens is 642 g/mol. The van der Waals surface area contributed by atoms with Crippen LogP contribution in [-0.4, -0.2) is 0 Å². The molecule has 6 aromatic rings. The molecule has 0 radical (unpaired) electrons. The molecule has 0 unspecified atom stereocenters. The fourth-order valence-corrected chi connectivity index (χ4v) is 8.24. The summed E-state index contributed by atoms with van der Waals surface area (Å²) in [6.07, 6.45) is -9.03. The molecule has 0 spiro atoms. The van der Waals surface area contributed by atoms with Crippen molar-refractivity contribution in [3.05, 3.63) is 201 Å². The summed E-state index contributed by atoms with van der Waals surface area (Å²) >= 11 is 0. The molecule has 0 saturated heterocycles. The van der Waals surface area contributed by atoms with Crippen LogP contribution in [0.25, 0.3) is 33.4 Å². The fourth-order valence-electron chi connectivity index (χ4n) is 8.24. The largest absolute Gasteiger partial charge is 0.416 e. The Morgan fingerprint density at radius 1 is 0.300 bits per heavy atom. The molecule has 3 aliphatic rings. The highest BCUT2D eigenvalue weighted by atomic mass is 19.4. The highest BCUT2D eigenvalue weighted by Gasteiger charge is 2.49. The van der Waals surface area contributed by atoms with Crippen LogP contribution in [0.1, 0.15) is 56.3 Å². The highest BCUT2D eigenvalue weighted by molar-refractivity contribution is 6.09. The van der Waals surface area contributed by atoms with Crippen molar-refractivity contribution in [2.24, 2.45) is 0 Å². The van der Waals surface area contributed by atoms with Gasteiger partial charge in [0.25, 0.3) is 0 Å². The predicted molar refractivity (Wildman–Crippen MR) is 184 cm³/mol. The Hall–Kier alpha value is -5.62. The lowest BCUT2D eigenvalue weighted by molar-refractivity contribution is -0.138. The second kappa shape index (κ2) is 10.9. The SMILES string of the molecule is FC(F)(F)c1ccc([C@H]2C(=C3c4ccccc4-c4ccccc43)C(=C3c4ccccc4-c4ccccc43)[C@@H]2c2ccc(C(F)(F)F)cc2)cc1. The molecule has 1 saturated carbocycles. The van der Waals surface area contributed by atoms with E-state index in [1.54, 1.807) is 0 Å². The van der Waals surface area contributed by atoms with E-state index < -0.39 is 35.3 Å². The maximum absolute atomic E-state index is 13.8. The van der Waals surface area contributed by atoms with Gasteiger partial charge in [-0.3, -0.25) is 0 Å². The summed E-state index contributed by atoms with van der Waals surface area (Å²) in [5, 5.41) is 0. The minimum atomic E-state index is -4.51. The van der Waals surface area contributed by atoms with Crippen molar-refractivity contribution < 1.29 is 26.3 Å². The van der Waals surface area contributed by atoms with Crippen LogP contribution < -0.4 is 0 Å². The van der Waals surface area contributed by atoms with E-state index in [4.69, 9.17) is 0 Å². The molecule has 244 valence electrons. The van der Waals surface area contributed by atoms with E-state index in [-0.39, 0.29) is 0 Å². The van der Waals surface area contributed by atoms with Crippen LogP contribution in [0.5, 0.6) is 0 Å². The maximum Gasteiger partial charge on any atom is 0.416 e. The Balaban J connectivity index is 1.40. The number of hydrogen-bond acceptors (Lipinski definition) is 0. The van der Waals surface area contributed by atoms with Gasteiger partial charge in [0.1, 0.15) is 0 Å². The van der Waals surface area contributed by atoms with E-state index in [1.165, 1.54) is 24.3 Å². The second-order valence-corrected chi connectivity index (χ2v) is 13.0. The first kappa shape index (κ1) is 30.4. The molecule has 0 aliphatic heterocycles. The Labute approximate surface area is 284 Å². The zero-order chi connectivity index (χ0) is 34.4.